The molecule has 8 nitrogen and oxygen atoms in total. The molecule has 2 N–H and O–H groups in total. The zero-order valence-corrected chi connectivity index (χ0v) is 20.3. The molecule has 0 bridgehead atoms. The van der Waals surface area contributed by atoms with Crippen LogP contribution in [0.4, 0.5) is 18.0 Å². The number of thiazole rings is 1. The highest BCUT2D eigenvalue weighted by atomic mass is 32.1. The van der Waals surface area contributed by atoms with Gasteiger partial charge in [-0.05, 0) is 43.4 Å². The zero-order valence-electron chi connectivity index (χ0n) is 19.5. The molecule has 1 aromatic carbocycles. The Labute approximate surface area is 209 Å². The first kappa shape index (κ1) is 24.4. The van der Waals surface area contributed by atoms with Gasteiger partial charge in [0.1, 0.15) is 5.01 Å². The van der Waals surface area contributed by atoms with Crippen LogP contribution in [0.2, 0.25) is 0 Å². The van der Waals surface area contributed by atoms with Crippen molar-refractivity contribution < 1.29 is 22.8 Å². The number of hydrogen-bond donors (Lipinski definition) is 1. The lowest BCUT2D eigenvalue weighted by atomic mass is 10.0. The highest BCUT2D eigenvalue weighted by Crippen LogP contribution is 2.41. The molecule has 3 aromatic rings. The standard InChI is InChI=1S/C24H25F3N6O2S/c1-31(10-15-3-2-14(22-29-4-5-36-22)8-20(15)24(25,26)27)19-6-16-11-32(12-17(16)7-19)23(35)33-13-18(9-30-33)21(28)34/h2-5,8-9,13,16-17,19H,6-7,10-12H2,1H3,(H2,28,34)/t16-,17+,19+. The Hall–Kier alpha value is -3.25. The molecule has 0 unspecified atom stereocenters. The number of amides is 2. The highest BCUT2D eigenvalue weighted by molar-refractivity contribution is 7.13. The Morgan fingerprint density at radius 3 is 2.53 bits per heavy atom. The van der Waals surface area contributed by atoms with Crippen LogP contribution in [0.5, 0.6) is 0 Å². The van der Waals surface area contributed by atoms with Gasteiger partial charge in [-0.2, -0.15) is 23.0 Å². The first-order valence-corrected chi connectivity index (χ1v) is 12.4. The summed E-state index contributed by atoms with van der Waals surface area (Å²) in [5.74, 6) is -0.117. The van der Waals surface area contributed by atoms with Gasteiger partial charge < -0.3 is 10.6 Å². The van der Waals surface area contributed by atoms with E-state index in [1.54, 1.807) is 28.6 Å². The van der Waals surface area contributed by atoms with E-state index in [2.05, 4.69) is 10.1 Å². The van der Waals surface area contributed by atoms with E-state index in [1.807, 2.05) is 11.9 Å². The molecule has 3 heterocycles. The average molecular weight is 519 g/mol. The van der Waals surface area contributed by atoms with Crippen molar-refractivity contribution in [1.29, 1.82) is 0 Å². The maximum absolute atomic E-state index is 13.9. The third-order valence-electron chi connectivity index (χ3n) is 7.20. The number of carbonyl (C=O) groups is 2. The summed E-state index contributed by atoms with van der Waals surface area (Å²) in [4.78, 5) is 31.9. The quantitative estimate of drug-likeness (QED) is 0.552. The van der Waals surface area contributed by atoms with Crippen molar-refractivity contribution in [3.63, 3.8) is 0 Å². The van der Waals surface area contributed by atoms with E-state index in [0.29, 0.717) is 23.7 Å². The normalized spacial score (nSPS) is 21.8. The lowest BCUT2D eigenvalue weighted by Gasteiger charge is -2.27. The number of carbonyl (C=O) groups excluding carboxylic acids is 2. The SMILES string of the molecule is CN(Cc1ccc(-c2nccs2)cc1C(F)(F)F)[C@H]1C[C@@H]2CN(C(=O)n3cc(C(N)=O)cn3)C[C@@H]2C1. The number of likely N-dealkylation sites (tertiary alicyclic amines) is 1. The van der Waals surface area contributed by atoms with Crippen molar-refractivity contribution in [2.75, 3.05) is 20.1 Å². The fourth-order valence-corrected chi connectivity index (χ4v) is 5.99. The Balaban J connectivity index is 1.23. The van der Waals surface area contributed by atoms with E-state index in [-0.39, 0.29) is 41.6 Å². The number of alkyl halides is 3. The number of fused-ring (bicyclic) bond motifs is 1. The number of aromatic nitrogens is 3. The zero-order chi connectivity index (χ0) is 25.6. The van der Waals surface area contributed by atoms with Gasteiger partial charge in [-0.15, -0.1) is 11.3 Å². The minimum absolute atomic E-state index is 0.128. The van der Waals surface area contributed by atoms with Crippen LogP contribution >= 0.6 is 11.3 Å². The topological polar surface area (TPSA) is 97.4 Å². The average Bonchev–Trinajstić information content (AvgIpc) is 3.62. The second-order valence-corrected chi connectivity index (χ2v) is 10.4. The molecule has 0 radical (unpaired) electrons. The number of primary amides is 1. The van der Waals surface area contributed by atoms with Gasteiger partial charge in [0.25, 0.3) is 5.91 Å². The minimum atomic E-state index is -4.46. The van der Waals surface area contributed by atoms with E-state index >= 15 is 0 Å². The minimum Gasteiger partial charge on any atom is -0.366 e. The Morgan fingerprint density at radius 2 is 1.94 bits per heavy atom. The van der Waals surface area contributed by atoms with E-state index < -0.39 is 17.6 Å². The van der Waals surface area contributed by atoms with Crippen LogP contribution in [0.25, 0.3) is 10.6 Å². The van der Waals surface area contributed by atoms with Crippen LogP contribution in [-0.2, 0) is 12.7 Å². The van der Waals surface area contributed by atoms with Crippen molar-refractivity contribution in [2.24, 2.45) is 17.6 Å². The van der Waals surface area contributed by atoms with Crippen LogP contribution in [-0.4, -0.2) is 62.7 Å². The van der Waals surface area contributed by atoms with Crippen LogP contribution in [0.3, 0.4) is 0 Å². The van der Waals surface area contributed by atoms with Crippen molar-refractivity contribution in [1.82, 2.24) is 24.6 Å². The largest absolute Gasteiger partial charge is 0.416 e. The van der Waals surface area contributed by atoms with Crippen molar-refractivity contribution in [3.05, 3.63) is 58.9 Å². The molecular formula is C24H25F3N6O2S. The molecule has 2 fully saturated rings. The van der Waals surface area contributed by atoms with Crippen LogP contribution in [0.1, 0.15) is 34.3 Å². The maximum Gasteiger partial charge on any atom is 0.416 e. The molecule has 36 heavy (non-hydrogen) atoms. The Bertz CT molecular complexity index is 1260. The third-order valence-corrected chi connectivity index (χ3v) is 8.02. The molecular weight excluding hydrogens is 493 g/mol. The molecule has 3 atom stereocenters. The van der Waals surface area contributed by atoms with Gasteiger partial charge in [0.2, 0.25) is 0 Å². The van der Waals surface area contributed by atoms with Gasteiger partial charge in [0.15, 0.2) is 0 Å². The molecule has 1 aliphatic heterocycles. The summed E-state index contributed by atoms with van der Waals surface area (Å²) in [6.07, 6.45) is 1.31. The summed E-state index contributed by atoms with van der Waals surface area (Å²) in [7, 11) is 1.86. The number of benzene rings is 1. The summed E-state index contributed by atoms with van der Waals surface area (Å²) >= 11 is 1.31. The number of nitrogens with two attached hydrogens (primary N) is 1. The number of halogens is 3. The monoisotopic (exact) mass is 518 g/mol. The van der Waals surface area contributed by atoms with Gasteiger partial charge in [-0.1, -0.05) is 12.1 Å². The maximum atomic E-state index is 13.9. The summed E-state index contributed by atoms with van der Waals surface area (Å²) in [6, 6.07) is 4.26. The van der Waals surface area contributed by atoms with Crippen molar-refractivity contribution in [3.8, 4) is 10.6 Å². The molecule has 2 aliphatic rings. The molecule has 1 saturated heterocycles. The summed E-state index contributed by atoms with van der Waals surface area (Å²) in [6.45, 7) is 1.29. The molecule has 12 heteroatoms. The van der Waals surface area contributed by atoms with Crippen LogP contribution < -0.4 is 5.73 Å². The first-order chi connectivity index (χ1) is 17.1. The second-order valence-electron chi connectivity index (χ2n) is 9.49. The number of nitrogens with zero attached hydrogens (tertiary/aromatic N) is 5. The molecule has 5 rings (SSSR count). The van der Waals surface area contributed by atoms with Crippen molar-refractivity contribution in [2.45, 2.75) is 31.6 Å². The summed E-state index contributed by atoms with van der Waals surface area (Å²) < 4.78 is 42.8. The fourth-order valence-electron chi connectivity index (χ4n) is 5.36. The molecule has 0 spiro atoms. The van der Waals surface area contributed by atoms with Crippen LogP contribution in [0.15, 0.2) is 42.2 Å². The second kappa shape index (κ2) is 9.32. The Morgan fingerprint density at radius 1 is 1.22 bits per heavy atom. The molecule has 2 aromatic heterocycles. The number of hydrogen-bond acceptors (Lipinski definition) is 6. The van der Waals surface area contributed by atoms with Gasteiger partial charge in [0.05, 0.1) is 17.3 Å². The summed E-state index contributed by atoms with van der Waals surface area (Å²) in [5, 5.41) is 6.24. The van der Waals surface area contributed by atoms with E-state index in [9.17, 15) is 22.8 Å². The predicted octanol–water partition coefficient (Wildman–Crippen LogP) is 3.93. The first-order valence-electron chi connectivity index (χ1n) is 11.5. The number of rotatable bonds is 5. The lowest BCUT2D eigenvalue weighted by molar-refractivity contribution is -0.138. The van der Waals surface area contributed by atoms with Crippen LogP contribution in [0, 0.1) is 11.8 Å². The van der Waals surface area contributed by atoms with Gasteiger partial charge in [0, 0.05) is 49.0 Å². The highest BCUT2D eigenvalue weighted by Gasteiger charge is 2.44. The van der Waals surface area contributed by atoms with Gasteiger partial charge >= 0.3 is 12.2 Å². The van der Waals surface area contributed by atoms with E-state index in [4.69, 9.17) is 5.73 Å². The predicted molar refractivity (Wildman–Crippen MR) is 127 cm³/mol. The fraction of sp³-hybridized carbons (Fsp3) is 0.417. The Kier molecular flexibility index (Phi) is 6.33. The van der Waals surface area contributed by atoms with E-state index in [0.717, 1.165) is 17.5 Å². The van der Waals surface area contributed by atoms with Gasteiger partial charge in [-0.3, -0.25) is 9.69 Å². The lowest BCUT2D eigenvalue weighted by Crippen LogP contribution is -2.36. The summed E-state index contributed by atoms with van der Waals surface area (Å²) in [5.41, 5.74) is 5.47. The van der Waals surface area contributed by atoms with E-state index in [1.165, 1.54) is 29.8 Å². The third kappa shape index (κ3) is 4.74. The molecule has 1 aliphatic carbocycles. The van der Waals surface area contributed by atoms with Crippen molar-refractivity contribution >= 4 is 23.3 Å². The molecule has 1 saturated carbocycles. The molecule has 2 amide bonds. The smallest absolute Gasteiger partial charge is 0.366 e. The van der Waals surface area contributed by atoms with Gasteiger partial charge in [-0.25, -0.2) is 9.78 Å². The molecule has 190 valence electrons.